The highest BCUT2D eigenvalue weighted by atomic mass is 16.3. The van der Waals surface area contributed by atoms with Crippen LogP contribution in [0.5, 0.6) is 0 Å². The fourth-order valence-electron chi connectivity index (χ4n) is 1.79. The standard InChI is InChI=1S/C13H12N3O/c1-9-5-3-6-10(14-9)13-15-12-11(17-13)7-4-8-16(12)2/h3-8H,1-2H3/q+1. The van der Waals surface area contributed by atoms with E-state index < -0.39 is 0 Å². The van der Waals surface area contributed by atoms with Gasteiger partial charge >= 0.3 is 11.5 Å². The van der Waals surface area contributed by atoms with Crippen molar-refractivity contribution in [2.75, 3.05) is 0 Å². The Labute approximate surface area is 98.6 Å². The zero-order valence-corrected chi connectivity index (χ0v) is 9.71. The maximum atomic E-state index is 5.70. The average molecular weight is 226 g/mol. The van der Waals surface area contributed by atoms with Gasteiger partial charge in [0.15, 0.2) is 5.69 Å². The zero-order chi connectivity index (χ0) is 11.8. The van der Waals surface area contributed by atoms with Crippen LogP contribution in [-0.4, -0.2) is 9.97 Å². The van der Waals surface area contributed by atoms with E-state index in [0.29, 0.717) is 5.89 Å². The molecule has 3 aromatic rings. The van der Waals surface area contributed by atoms with Crippen LogP contribution in [0.2, 0.25) is 0 Å². The fraction of sp³-hybridized carbons (Fsp3) is 0.154. The molecule has 4 heteroatoms. The number of aromatic nitrogens is 3. The van der Waals surface area contributed by atoms with Gasteiger partial charge in [-0.15, -0.1) is 0 Å². The van der Waals surface area contributed by atoms with Crippen LogP contribution in [-0.2, 0) is 7.05 Å². The molecule has 0 saturated heterocycles. The lowest BCUT2D eigenvalue weighted by atomic mass is 10.3. The summed E-state index contributed by atoms with van der Waals surface area (Å²) >= 11 is 0. The van der Waals surface area contributed by atoms with E-state index in [9.17, 15) is 0 Å². The van der Waals surface area contributed by atoms with Crippen molar-refractivity contribution in [3.05, 3.63) is 42.2 Å². The second-order valence-electron chi connectivity index (χ2n) is 3.99. The molecule has 0 atom stereocenters. The number of fused-ring (bicyclic) bond motifs is 1. The minimum atomic E-state index is 0.561. The van der Waals surface area contributed by atoms with Crippen LogP contribution in [0, 0.1) is 6.92 Å². The average Bonchev–Trinajstić information content (AvgIpc) is 2.74. The van der Waals surface area contributed by atoms with Crippen molar-refractivity contribution in [3.63, 3.8) is 0 Å². The van der Waals surface area contributed by atoms with Crippen LogP contribution in [0.3, 0.4) is 0 Å². The summed E-state index contributed by atoms with van der Waals surface area (Å²) in [6.45, 7) is 1.95. The Morgan fingerprint density at radius 2 is 2.00 bits per heavy atom. The summed E-state index contributed by atoms with van der Waals surface area (Å²) < 4.78 is 7.62. The lowest BCUT2D eigenvalue weighted by Crippen LogP contribution is -2.27. The molecule has 0 aliphatic heterocycles. The quantitative estimate of drug-likeness (QED) is 0.596. The van der Waals surface area contributed by atoms with Crippen molar-refractivity contribution in [2.24, 2.45) is 7.05 Å². The van der Waals surface area contributed by atoms with Crippen molar-refractivity contribution in [1.82, 2.24) is 9.97 Å². The molecule has 0 spiro atoms. The minimum absolute atomic E-state index is 0.561. The van der Waals surface area contributed by atoms with E-state index in [0.717, 1.165) is 22.6 Å². The second kappa shape index (κ2) is 3.66. The Kier molecular flexibility index (Phi) is 2.14. The van der Waals surface area contributed by atoms with Gasteiger partial charge in [0.05, 0.1) is 13.2 Å². The summed E-state index contributed by atoms with van der Waals surface area (Å²) in [5.74, 6) is 0.561. The highest BCUT2D eigenvalue weighted by molar-refractivity contribution is 5.68. The number of rotatable bonds is 1. The molecule has 3 aromatic heterocycles. The van der Waals surface area contributed by atoms with Crippen molar-refractivity contribution in [1.29, 1.82) is 0 Å². The third kappa shape index (κ3) is 1.67. The molecule has 3 rings (SSSR count). The summed E-state index contributed by atoms with van der Waals surface area (Å²) in [6, 6.07) is 9.64. The molecule has 0 bridgehead atoms. The minimum Gasteiger partial charge on any atom is -0.410 e. The largest absolute Gasteiger partial charge is 0.410 e. The number of hydrogen-bond donors (Lipinski definition) is 0. The van der Waals surface area contributed by atoms with Gasteiger partial charge in [-0.05, 0) is 31.2 Å². The van der Waals surface area contributed by atoms with Gasteiger partial charge in [-0.1, -0.05) is 6.07 Å². The molecule has 4 nitrogen and oxygen atoms in total. The van der Waals surface area contributed by atoms with Gasteiger partial charge in [0.1, 0.15) is 0 Å². The van der Waals surface area contributed by atoms with Crippen molar-refractivity contribution in [2.45, 2.75) is 6.92 Å². The maximum absolute atomic E-state index is 5.70. The van der Waals surface area contributed by atoms with E-state index in [1.54, 1.807) is 0 Å². The lowest BCUT2D eigenvalue weighted by molar-refractivity contribution is -0.646. The number of aryl methyl sites for hydroxylation is 2. The molecule has 0 N–H and O–H groups in total. The normalized spacial score (nSPS) is 10.9. The van der Waals surface area contributed by atoms with Gasteiger partial charge in [0.25, 0.3) is 0 Å². The molecule has 3 heterocycles. The summed E-state index contributed by atoms with van der Waals surface area (Å²) in [6.07, 6.45) is 1.94. The first-order valence-corrected chi connectivity index (χ1v) is 5.43. The van der Waals surface area contributed by atoms with Crippen LogP contribution in [0.1, 0.15) is 5.69 Å². The first-order chi connectivity index (χ1) is 8.24. The van der Waals surface area contributed by atoms with Gasteiger partial charge in [0, 0.05) is 10.7 Å². The summed E-state index contributed by atoms with van der Waals surface area (Å²) in [5, 5.41) is 0. The van der Waals surface area contributed by atoms with E-state index in [-0.39, 0.29) is 0 Å². The molecule has 0 radical (unpaired) electrons. The van der Waals surface area contributed by atoms with Crippen LogP contribution in [0.25, 0.3) is 22.8 Å². The molecular formula is C13H12N3O+. The van der Waals surface area contributed by atoms with Gasteiger partial charge in [0.2, 0.25) is 5.58 Å². The van der Waals surface area contributed by atoms with Crippen LogP contribution in [0.4, 0.5) is 0 Å². The Balaban J connectivity index is 2.22. The summed E-state index contributed by atoms with van der Waals surface area (Å²) in [7, 11) is 1.94. The highest BCUT2D eigenvalue weighted by Gasteiger charge is 2.19. The molecule has 84 valence electrons. The molecular weight excluding hydrogens is 214 g/mol. The topological polar surface area (TPSA) is 42.8 Å². The van der Waals surface area contributed by atoms with Gasteiger partial charge in [-0.3, -0.25) is 0 Å². The fourth-order valence-corrected chi connectivity index (χ4v) is 1.79. The van der Waals surface area contributed by atoms with Gasteiger partial charge in [-0.2, -0.15) is 0 Å². The highest BCUT2D eigenvalue weighted by Crippen LogP contribution is 2.20. The van der Waals surface area contributed by atoms with Crippen LogP contribution in [0.15, 0.2) is 40.9 Å². The molecule has 0 aliphatic carbocycles. The van der Waals surface area contributed by atoms with Crippen LogP contribution >= 0.6 is 0 Å². The third-order valence-corrected chi connectivity index (χ3v) is 2.63. The van der Waals surface area contributed by atoms with E-state index in [4.69, 9.17) is 4.42 Å². The molecule has 17 heavy (non-hydrogen) atoms. The molecule has 0 aliphatic rings. The van der Waals surface area contributed by atoms with Gasteiger partial charge < -0.3 is 4.42 Å². The maximum Gasteiger partial charge on any atom is 0.370 e. The van der Waals surface area contributed by atoms with E-state index in [1.807, 2.05) is 55.1 Å². The Hall–Kier alpha value is -2.23. The number of oxazole rings is 1. The third-order valence-electron chi connectivity index (χ3n) is 2.63. The Bertz CT molecular complexity index is 688. The smallest absolute Gasteiger partial charge is 0.370 e. The Morgan fingerprint density at radius 3 is 2.76 bits per heavy atom. The SMILES string of the molecule is Cc1cccc(-c2nc3c(ccc[n+]3C)o2)n1. The van der Waals surface area contributed by atoms with E-state index in [1.165, 1.54) is 0 Å². The second-order valence-corrected chi connectivity index (χ2v) is 3.99. The number of nitrogens with zero attached hydrogens (tertiary/aromatic N) is 3. The Morgan fingerprint density at radius 1 is 1.12 bits per heavy atom. The van der Waals surface area contributed by atoms with Crippen LogP contribution < -0.4 is 4.57 Å². The molecule has 0 fully saturated rings. The number of hydrogen-bond acceptors (Lipinski definition) is 3. The first kappa shape index (κ1) is 9.96. The molecule has 0 saturated carbocycles. The summed E-state index contributed by atoms with van der Waals surface area (Å²) in [5.41, 5.74) is 3.31. The van der Waals surface area contributed by atoms with Crippen molar-refractivity contribution >= 4 is 11.2 Å². The number of pyridine rings is 2. The van der Waals surface area contributed by atoms with E-state index >= 15 is 0 Å². The molecule has 0 aromatic carbocycles. The monoisotopic (exact) mass is 226 g/mol. The van der Waals surface area contributed by atoms with Crippen molar-refractivity contribution < 1.29 is 8.98 Å². The lowest BCUT2D eigenvalue weighted by Gasteiger charge is -1.92. The molecule has 0 unspecified atom stereocenters. The molecule has 0 amide bonds. The first-order valence-electron chi connectivity index (χ1n) is 5.43. The van der Waals surface area contributed by atoms with E-state index in [2.05, 4.69) is 9.97 Å². The predicted octanol–water partition coefficient (Wildman–Crippen LogP) is 2.02. The predicted molar refractivity (Wildman–Crippen MR) is 63.2 cm³/mol. The zero-order valence-electron chi connectivity index (χ0n) is 9.71. The van der Waals surface area contributed by atoms with Crippen molar-refractivity contribution in [3.8, 4) is 11.6 Å². The summed E-state index contributed by atoms with van der Waals surface area (Å²) in [4.78, 5) is 8.86. The van der Waals surface area contributed by atoms with Gasteiger partial charge in [-0.25, -0.2) is 9.55 Å².